The molecular formula is C37H44N4O3. The van der Waals surface area contributed by atoms with Gasteiger partial charge in [-0.25, -0.2) is 4.79 Å². The van der Waals surface area contributed by atoms with Crippen LogP contribution in [0.4, 0.5) is 0 Å². The molecule has 0 unspecified atom stereocenters. The van der Waals surface area contributed by atoms with Crippen LogP contribution in [0.2, 0.25) is 0 Å². The lowest BCUT2D eigenvalue weighted by molar-refractivity contribution is 0.0512. The molecule has 44 heavy (non-hydrogen) atoms. The zero-order chi connectivity index (χ0) is 30.8. The molecule has 0 atom stereocenters. The Morgan fingerprint density at radius 3 is 2.57 bits per heavy atom. The van der Waals surface area contributed by atoms with Gasteiger partial charge in [0.1, 0.15) is 11.4 Å². The van der Waals surface area contributed by atoms with Gasteiger partial charge in [0.25, 0.3) is 0 Å². The number of aryl methyl sites for hydroxylation is 5. The Bertz CT molecular complexity index is 1810. The number of benzene rings is 3. The highest BCUT2D eigenvalue weighted by molar-refractivity contribution is 6.05. The number of rotatable bonds is 9. The van der Waals surface area contributed by atoms with Crippen molar-refractivity contribution in [1.82, 2.24) is 19.2 Å². The van der Waals surface area contributed by atoms with Gasteiger partial charge >= 0.3 is 5.97 Å². The van der Waals surface area contributed by atoms with Crippen LogP contribution < -0.4 is 4.74 Å². The average molecular weight is 593 g/mol. The quantitative estimate of drug-likeness (QED) is 0.131. The molecule has 0 fully saturated rings. The molecular weight excluding hydrogens is 548 g/mol. The number of hydrogen-bond acceptors (Lipinski definition) is 5. The van der Waals surface area contributed by atoms with Gasteiger partial charge in [-0.15, -0.1) is 0 Å². The molecule has 0 bridgehead atoms. The van der Waals surface area contributed by atoms with Crippen molar-refractivity contribution in [2.24, 2.45) is 7.05 Å². The molecule has 0 aliphatic carbocycles. The Morgan fingerprint density at radius 2 is 1.75 bits per heavy atom. The molecule has 5 aromatic rings. The van der Waals surface area contributed by atoms with E-state index >= 15 is 0 Å². The summed E-state index contributed by atoms with van der Waals surface area (Å²) in [5.41, 5.74) is 8.86. The highest BCUT2D eigenvalue weighted by atomic mass is 16.5. The Labute approximate surface area is 260 Å². The lowest BCUT2D eigenvalue weighted by Crippen LogP contribution is -2.24. The fraction of sp³-hybridized carbons (Fsp3) is 0.405. The summed E-state index contributed by atoms with van der Waals surface area (Å²) in [6.07, 6.45) is 4.35. The summed E-state index contributed by atoms with van der Waals surface area (Å²) in [5, 5.41) is 8.45. The first-order valence-electron chi connectivity index (χ1n) is 16.1. The van der Waals surface area contributed by atoms with E-state index in [0.29, 0.717) is 25.3 Å². The standard InChI is InChI=1S/C37H44N4O3/c1-6-13-30-34-31(40(5)38-30)24-39(4)21-12-22-41-35-29(20-19-25(3)33(34)35)28(36(41)37(42)43-7-2)17-11-23-44-32-18-10-15-26-14-8-9-16-27(26)32/h8-10,14-16,18-20H,6-7,11-13,17,21-24H2,1-5H3. The molecule has 2 aromatic heterocycles. The van der Waals surface area contributed by atoms with Crippen LogP contribution in [-0.2, 0) is 37.7 Å². The van der Waals surface area contributed by atoms with Crippen LogP contribution >= 0.6 is 0 Å². The van der Waals surface area contributed by atoms with Crippen LogP contribution in [0.1, 0.15) is 66.1 Å². The number of esters is 1. The second-order valence-electron chi connectivity index (χ2n) is 12.0. The van der Waals surface area contributed by atoms with Gasteiger partial charge in [-0.1, -0.05) is 61.9 Å². The van der Waals surface area contributed by atoms with Crippen LogP contribution in [0.25, 0.3) is 32.8 Å². The minimum atomic E-state index is -0.247. The Hall–Kier alpha value is -4.10. The average Bonchev–Trinajstić information content (AvgIpc) is 3.49. The first-order chi connectivity index (χ1) is 21.4. The van der Waals surface area contributed by atoms with Gasteiger partial charge in [0.15, 0.2) is 0 Å². The molecule has 7 heteroatoms. The van der Waals surface area contributed by atoms with Crippen molar-refractivity contribution < 1.29 is 14.3 Å². The number of nitrogens with zero attached hydrogens (tertiary/aromatic N) is 4. The highest BCUT2D eigenvalue weighted by Crippen LogP contribution is 2.41. The number of carbonyl (C=O) groups excluding carboxylic acids is 1. The molecule has 0 amide bonds. The predicted octanol–water partition coefficient (Wildman–Crippen LogP) is 7.48. The Morgan fingerprint density at radius 1 is 0.932 bits per heavy atom. The molecule has 0 saturated heterocycles. The second kappa shape index (κ2) is 12.9. The third-order valence-corrected chi connectivity index (χ3v) is 8.90. The molecule has 0 saturated carbocycles. The summed E-state index contributed by atoms with van der Waals surface area (Å²) < 4.78 is 16.4. The van der Waals surface area contributed by atoms with E-state index in [0.717, 1.165) is 78.6 Å². The Balaban J connectivity index is 1.47. The maximum atomic E-state index is 13.8. The summed E-state index contributed by atoms with van der Waals surface area (Å²) in [7, 11) is 4.24. The molecule has 7 nitrogen and oxygen atoms in total. The number of hydrogen-bond donors (Lipinski definition) is 0. The van der Waals surface area contributed by atoms with Crippen molar-refractivity contribution in [3.63, 3.8) is 0 Å². The third kappa shape index (κ3) is 5.50. The molecule has 0 N–H and O–H groups in total. The van der Waals surface area contributed by atoms with Crippen LogP contribution in [0.15, 0.2) is 54.6 Å². The third-order valence-electron chi connectivity index (χ3n) is 8.90. The molecule has 0 spiro atoms. The van der Waals surface area contributed by atoms with Crippen LogP contribution in [-0.4, -0.2) is 52.0 Å². The molecule has 0 radical (unpaired) electrons. The van der Waals surface area contributed by atoms with Gasteiger partial charge in [0, 0.05) is 42.0 Å². The van der Waals surface area contributed by atoms with Crippen molar-refractivity contribution >= 4 is 27.6 Å². The van der Waals surface area contributed by atoms with Crippen molar-refractivity contribution in [2.75, 3.05) is 26.8 Å². The van der Waals surface area contributed by atoms with Crippen molar-refractivity contribution in [3.8, 4) is 16.9 Å². The number of fused-ring (bicyclic) bond motifs is 3. The van der Waals surface area contributed by atoms with Gasteiger partial charge in [0.05, 0.1) is 30.1 Å². The van der Waals surface area contributed by atoms with Gasteiger partial charge in [-0.3, -0.25) is 4.68 Å². The Kier molecular flexibility index (Phi) is 8.76. The lowest BCUT2D eigenvalue weighted by Gasteiger charge is -2.22. The summed E-state index contributed by atoms with van der Waals surface area (Å²) in [5.74, 6) is 0.645. The normalized spacial score (nSPS) is 13.8. The van der Waals surface area contributed by atoms with E-state index in [4.69, 9.17) is 14.6 Å². The highest BCUT2D eigenvalue weighted by Gasteiger charge is 2.30. The van der Waals surface area contributed by atoms with Crippen molar-refractivity contribution in [2.45, 2.75) is 66.0 Å². The number of aromatic nitrogens is 3. The molecule has 3 aromatic carbocycles. The van der Waals surface area contributed by atoms with E-state index < -0.39 is 0 Å². The minimum Gasteiger partial charge on any atom is -0.493 e. The molecule has 1 aliphatic rings. The van der Waals surface area contributed by atoms with Crippen LogP contribution in [0.5, 0.6) is 5.75 Å². The maximum Gasteiger partial charge on any atom is 0.355 e. The number of carbonyl (C=O) groups is 1. The summed E-state index contributed by atoms with van der Waals surface area (Å²) in [6.45, 7) is 9.68. The zero-order valence-electron chi connectivity index (χ0n) is 26.8. The monoisotopic (exact) mass is 592 g/mol. The van der Waals surface area contributed by atoms with Gasteiger partial charge < -0.3 is 18.9 Å². The summed E-state index contributed by atoms with van der Waals surface area (Å²) >= 11 is 0. The van der Waals surface area contributed by atoms with Gasteiger partial charge in [0.2, 0.25) is 0 Å². The van der Waals surface area contributed by atoms with Gasteiger partial charge in [-0.2, -0.15) is 5.10 Å². The lowest BCUT2D eigenvalue weighted by atomic mass is 9.92. The van der Waals surface area contributed by atoms with Crippen LogP contribution in [0, 0.1) is 6.92 Å². The summed E-state index contributed by atoms with van der Waals surface area (Å²) in [4.78, 5) is 16.1. The fourth-order valence-corrected chi connectivity index (χ4v) is 6.93. The first-order valence-corrected chi connectivity index (χ1v) is 16.1. The maximum absolute atomic E-state index is 13.8. The van der Waals surface area contributed by atoms with Crippen LogP contribution in [0.3, 0.4) is 0 Å². The van der Waals surface area contributed by atoms with E-state index in [2.05, 4.69) is 72.4 Å². The largest absolute Gasteiger partial charge is 0.493 e. The molecule has 1 aliphatic heterocycles. The van der Waals surface area contributed by atoms with E-state index in [9.17, 15) is 4.79 Å². The zero-order valence-corrected chi connectivity index (χ0v) is 26.8. The van der Waals surface area contributed by atoms with E-state index in [1.807, 2.05) is 31.2 Å². The summed E-state index contributed by atoms with van der Waals surface area (Å²) in [6, 6.07) is 18.9. The first kappa shape index (κ1) is 29.9. The minimum absolute atomic E-state index is 0.247. The topological polar surface area (TPSA) is 61.5 Å². The van der Waals surface area contributed by atoms with E-state index in [-0.39, 0.29) is 5.97 Å². The van der Waals surface area contributed by atoms with Crippen molar-refractivity contribution in [1.29, 1.82) is 0 Å². The van der Waals surface area contributed by atoms with E-state index in [1.165, 1.54) is 27.8 Å². The fourth-order valence-electron chi connectivity index (χ4n) is 6.93. The number of ether oxygens (including phenoxy) is 2. The smallest absolute Gasteiger partial charge is 0.355 e. The second-order valence-corrected chi connectivity index (χ2v) is 12.0. The molecule has 6 rings (SSSR count). The molecule has 230 valence electrons. The SMILES string of the molecule is CCCc1nn(C)c2c1-c1c(C)ccc3c(CCCOc4cccc5ccccc45)c(C(=O)OCC)n(c13)CCCN(C)C2. The van der Waals surface area contributed by atoms with Crippen molar-refractivity contribution in [3.05, 3.63) is 82.8 Å². The van der Waals surface area contributed by atoms with E-state index in [1.54, 1.807) is 0 Å². The van der Waals surface area contributed by atoms with Gasteiger partial charge in [-0.05, 0) is 75.7 Å². The predicted molar refractivity (Wildman–Crippen MR) is 178 cm³/mol. The molecule has 3 heterocycles.